The summed E-state index contributed by atoms with van der Waals surface area (Å²) < 4.78 is 0. The van der Waals surface area contributed by atoms with Crippen LogP contribution in [0.4, 0.5) is 5.82 Å². The van der Waals surface area contributed by atoms with Gasteiger partial charge >= 0.3 is 0 Å². The van der Waals surface area contributed by atoms with Gasteiger partial charge in [-0.25, -0.2) is 9.97 Å². The molecule has 0 radical (unpaired) electrons. The summed E-state index contributed by atoms with van der Waals surface area (Å²) in [5.74, 6) is 0.968. The van der Waals surface area contributed by atoms with E-state index in [1.165, 1.54) is 29.7 Å². The number of aryl methyl sites for hydroxylation is 1. The van der Waals surface area contributed by atoms with Crippen LogP contribution in [-0.2, 0) is 6.42 Å². The molecule has 1 N–H and O–H groups in total. The van der Waals surface area contributed by atoms with Crippen LogP contribution in [0.5, 0.6) is 0 Å². The van der Waals surface area contributed by atoms with Gasteiger partial charge in [0.1, 0.15) is 17.0 Å². The summed E-state index contributed by atoms with van der Waals surface area (Å²) in [6.07, 6.45) is 5.31. The van der Waals surface area contributed by atoms with Crippen LogP contribution in [0, 0.1) is 0 Å². The van der Waals surface area contributed by atoms with Gasteiger partial charge in [0.05, 0.1) is 11.4 Å². The maximum absolute atomic E-state index is 4.42. The van der Waals surface area contributed by atoms with E-state index in [2.05, 4.69) is 38.2 Å². The standard InChI is InChI=1S/C14H13N3S2/c1-2-11(9-4-6-18-12(9)3-1)17-13-10-5-7-19-14(10)16-8-15-13/h4-8,11H,1-3H2,(H,15,16,17). The van der Waals surface area contributed by atoms with Crippen LogP contribution < -0.4 is 5.32 Å². The van der Waals surface area contributed by atoms with E-state index in [1.807, 2.05) is 11.3 Å². The average molecular weight is 287 g/mol. The lowest BCUT2D eigenvalue weighted by Gasteiger charge is -2.24. The Labute approximate surface area is 119 Å². The van der Waals surface area contributed by atoms with E-state index >= 15 is 0 Å². The number of fused-ring (bicyclic) bond motifs is 2. The molecule has 3 nitrogen and oxygen atoms in total. The molecule has 3 heterocycles. The third kappa shape index (κ3) is 1.93. The first kappa shape index (κ1) is 11.4. The van der Waals surface area contributed by atoms with Gasteiger partial charge in [-0.1, -0.05) is 0 Å². The van der Waals surface area contributed by atoms with Crippen LogP contribution in [0.15, 0.2) is 29.2 Å². The van der Waals surface area contributed by atoms with Crippen molar-refractivity contribution in [1.29, 1.82) is 0 Å². The molecule has 1 atom stereocenters. The molecule has 1 unspecified atom stereocenters. The Morgan fingerprint density at radius 3 is 3.11 bits per heavy atom. The van der Waals surface area contributed by atoms with Gasteiger partial charge in [0, 0.05) is 4.88 Å². The fraction of sp³-hybridized carbons (Fsp3) is 0.286. The molecular weight excluding hydrogens is 274 g/mol. The average Bonchev–Trinajstić information content (AvgIpc) is 3.08. The topological polar surface area (TPSA) is 37.8 Å². The van der Waals surface area contributed by atoms with Crippen LogP contribution in [0.3, 0.4) is 0 Å². The Balaban J connectivity index is 1.71. The van der Waals surface area contributed by atoms with Crippen LogP contribution in [0.2, 0.25) is 0 Å². The highest BCUT2D eigenvalue weighted by atomic mass is 32.1. The minimum absolute atomic E-state index is 0.396. The molecule has 0 fully saturated rings. The quantitative estimate of drug-likeness (QED) is 0.766. The van der Waals surface area contributed by atoms with E-state index < -0.39 is 0 Å². The van der Waals surface area contributed by atoms with Gasteiger partial charge in [0.2, 0.25) is 0 Å². The summed E-state index contributed by atoms with van der Waals surface area (Å²) in [7, 11) is 0. The number of hydrogen-bond acceptors (Lipinski definition) is 5. The SMILES string of the molecule is c1nc(NC2CCCc3sccc32)c2ccsc2n1. The monoisotopic (exact) mass is 287 g/mol. The van der Waals surface area contributed by atoms with Gasteiger partial charge < -0.3 is 5.32 Å². The first-order valence-corrected chi connectivity index (χ1v) is 8.19. The number of anilines is 1. The summed E-state index contributed by atoms with van der Waals surface area (Å²) in [6, 6.07) is 4.75. The molecule has 3 aromatic heterocycles. The van der Waals surface area contributed by atoms with E-state index in [-0.39, 0.29) is 0 Å². The highest BCUT2D eigenvalue weighted by Gasteiger charge is 2.22. The van der Waals surface area contributed by atoms with E-state index in [1.54, 1.807) is 17.7 Å². The minimum Gasteiger partial charge on any atom is -0.363 e. The number of nitrogens with zero attached hydrogens (tertiary/aromatic N) is 2. The third-order valence-corrected chi connectivity index (χ3v) is 5.44. The Bertz CT molecular complexity index is 716. The van der Waals surface area contributed by atoms with Crippen molar-refractivity contribution in [3.05, 3.63) is 39.7 Å². The fourth-order valence-electron chi connectivity index (χ4n) is 2.71. The zero-order valence-electron chi connectivity index (χ0n) is 10.3. The molecule has 1 aliphatic carbocycles. The van der Waals surface area contributed by atoms with Crippen LogP contribution >= 0.6 is 22.7 Å². The lowest BCUT2D eigenvalue weighted by atomic mass is 9.94. The van der Waals surface area contributed by atoms with Gasteiger partial charge in [-0.05, 0) is 47.7 Å². The zero-order chi connectivity index (χ0) is 12.7. The molecule has 1 aliphatic rings. The van der Waals surface area contributed by atoms with Crippen molar-refractivity contribution in [2.45, 2.75) is 25.3 Å². The normalized spacial score (nSPS) is 18.4. The number of nitrogens with one attached hydrogen (secondary N) is 1. The van der Waals surface area contributed by atoms with Gasteiger partial charge in [0.25, 0.3) is 0 Å². The van der Waals surface area contributed by atoms with E-state index in [4.69, 9.17) is 0 Å². The van der Waals surface area contributed by atoms with Crippen LogP contribution in [-0.4, -0.2) is 9.97 Å². The summed E-state index contributed by atoms with van der Waals surface area (Å²) in [4.78, 5) is 11.3. The largest absolute Gasteiger partial charge is 0.363 e. The Kier molecular flexibility index (Phi) is 2.74. The highest BCUT2D eigenvalue weighted by molar-refractivity contribution is 7.16. The number of hydrogen-bond donors (Lipinski definition) is 1. The van der Waals surface area contributed by atoms with Gasteiger partial charge in [0.15, 0.2) is 0 Å². The first-order valence-electron chi connectivity index (χ1n) is 6.43. The van der Waals surface area contributed by atoms with Crippen molar-refractivity contribution in [3.63, 3.8) is 0 Å². The van der Waals surface area contributed by atoms with Crippen molar-refractivity contribution >= 4 is 38.7 Å². The summed E-state index contributed by atoms with van der Waals surface area (Å²) in [5, 5.41) is 9.02. The molecule has 0 aliphatic heterocycles. The predicted molar refractivity (Wildman–Crippen MR) is 81.0 cm³/mol. The van der Waals surface area contributed by atoms with Gasteiger partial charge in [-0.15, -0.1) is 22.7 Å². The molecule has 3 aromatic rings. The van der Waals surface area contributed by atoms with E-state index in [0.717, 1.165) is 16.0 Å². The molecule has 0 saturated heterocycles. The molecule has 5 heteroatoms. The molecule has 19 heavy (non-hydrogen) atoms. The summed E-state index contributed by atoms with van der Waals surface area (Å²) >= 11 is 3.54. The number of rotatable bonds is 2. The molecule has 0 spiro atoms. The van der Waals surface area contributed by atoms with Crippen molar-refractivity contribution in [2.24, 2.45) is 0 Å². The second-order valence-electron chi connectivity index (χ2n) is 4.75. The maximum Gasteiger partial charge on any atom is 0.138 e. The number of thiophene rings is 2. The van der Waals surface area contributed by atoms with Crippen molar-refractivity contribution in [2.75, 3.05) is 5.32 Å². The highest BCUT2D eigenvalue weighted by Crippen LogP contribution is 2.36. The molecule has 0 bridgehead atoms. The molecule has 0 aromatic carbocycles. The fourth-order valence-corrected chi connectivity index (χ4v) is 4.43. The summed E-state index contributed by atoms with van der Waals surface area (Å²) in [6.45, 7) is 0. The molecule has 0 saturated carbocycles. The molecule has 96 valence electrons. The second-order valence-corrected chi connectivity index (χ2v) is 6.65. The van der Waals surface area contributed by atoms with Gasteiger partial charge in [-0.3, -0.25) is 0 Å². The third-order valence-electron chi connectivity index (χ3n) is 3.62. The maximum atomic E-state index is 4.42. The Morgan fingerprint density at radius 2 is 2.11 bits per heavy atom. The van der Waals surface area contributed by atoms with Gasteiger partial charge in [-0.2, -0.15) is 0 Å². The van der Waals surface area contributed by atoms with Crippen molar-refractivity contribution in [1.82, 2.24) is 9.97 Å². The van der Waals surface area contributed by atoms with E-state index in [9.17, 15) is 0 Å². The van der Waals surface area contributed by atoms with Crippen LogP contribution in [0.1, 0.15) is 29.3 Å². The minimum atomic E-state index is 0.396. The smallest absolute Gasteiger partial charge is 0.138 e. The molecule has 0 amide bonds. The second kappa shape index (κ2) is 4.58. The predicted octanol–water partition coefficient (Wildman–Crippen LogP) is 4.24. The Hall–Kier alpha value is -1.46. The molecule has 4 rings (SSSR count). The molecular formula is C14H13N3S2. The summed E-state index contributed by atoms with van der Waals surface area (Å²) in [5.41, 5.74) is 1.46. The Morgan fingerprint density at radius 1 is 1.16 bits per heavy atom. The van der Waals surface area contributed by atoms with Crippen molar-refractivity contribution < 1.29 is 0 Å². The number of aromatic nitrogens is 2. The first-order chi connectivity index (χ1) is 9.42. The zero-order valence-corrected chi connectivity index (χ0v) is 11.9. The van der Waals surface area contributed by atoms with E-state index in [0.29, 0.717) is 6.04 Å². The van der Waals surface area contributed by atoms with Crippen molar-refractivity contribution in [3.8, 4) is 0 Å². The van der Waals surface area contributed by atoms with Crippen LogP contribution in [0.25, 0.3) is 10.2 Å². The lowest BCUT2D eigenvalue weighted by Crippen LogP contribution is -2.16. The lowest BCUT2D eigenvalue weighted by molar-refractivity contribution is 0.607.